The molecule has 4 N–H and O–H groups in total. The van der Waals surface area contributed by atoms with Crippen LogP contribution in [0.5, 0.6) is 0 Å². The monoisotopic (exact) mass is 465 g/mol. The van der Waals surface area contributed by atoms with Crippen LogP contribution in [0.15, 0.2) is 60.7 Å². The number of nitrogens with two attached hydrogens (primary N) is 1. The lowest BCUT2D eigenvalue weighted by molar-refractivity contribution is -0.131. The zero-order chi connectivity index (χ0) is 24.9. The molecule has 2 aromatic rings. The average molecular weight is 466 g/mol. The topological polar surface area (TPSA) is 118 Å². The molecule has 0 aliphatic carbocycles. The number of carbonyl (C=O) groups is 4. The number of carbonyl (C=O) groups excluding carboxylic acids is 4. The van der Waals surface area contributed by atoms with Gasteiger partial charge in [0.1, 0.15) is 0 Å². The summed E-state index contributed by atoms with van der Waals surface area (Å²) in [6, 6.07) is 17.0. The van der Waals surface area contributed by atoms with Crippen LogP contribution in [0.3, 0.4) is 0 Å². The van der Waals surface area contributed by atoms with Crippen LogP contribution in [0.2, 0.25) is 0 Å². The SMILES string of the molecule is CCCC[C@H](CC(=O)[C@H](Cc1ccccc1)NC(=O)c1ccccc1)C(=O)N[C@H](C)CC(N)=O. The molecule has 0 spiro atoms. The Morgan fingerprint density at radius 3 is 2.09 bits per heavy atom. The quantitative estimate of drug-likeness (QED) is 0.397. The summed E-state index contributed by atoms with van der Waals surface area (Å²) < 4.78 is 0. The maximum Gasteiger partial charge on any atom is 0.251 e. The van der Waals surface area contributed by atoms with Gasteiger partial charge in [-0.05, 0) is 37.5 Å². The molecule has 3 atom stereocenters. The highest BCUT2D eigenvalue weighted by atomic mass is 16.2. The van der Waals surface area contributed by atoms with Crippen molar-refractivity contribution in [2.45, 2.75) is 64.5 Å². The molecule has 182 valence electrons. The van der Waals surface area contributed by atoms with Crippen LogP contribution in [-0.2, 0) is 20.8 Å². The second kappa shape index (κ2) is 13.9. The first-order valence-corrected chi connectivity index (χ1v) is 11.8. The number of amides is 3. The van der Waals surface area contributed by atoms with Crippen molar-refractivity contribution in [1.29, 1.82) is 0 Å². The summed E-state index contributed by atoms with van der Waals surface area (Å²) in [5.74, 6) is -1.86. The van der Waals surface area contributed by atoms with E-state index >= 15 is 0 Å². The highest BCUT2D eigenvalue weighted by Gasteiger charge is 2.28. The van der Waals surface area contributed by atoms with E-state index in [1.807, 2.05) is 43.3 Å². The lowest BCUT2D eigenvalue weighted by Gasteiger charge is -2.23. The fourth-order valence-electron chi connectivity index (χ4n) is 3.80. The molecule has 2 aromatic carbocycles. The van der Waals surface area contributed by atoms with Crippen LogP contribution in [0.1, 0.15) is 61.9 Å². The molecule has 0 bridgehead atoms. The standard InChI is InChI=1S/C27H35N3O4/c1-3-4-13-22(27(34)29-19(2)16-25(28)32)18-24(31)23(17-20-11-7-5-8-12-20)30-26(33)21-14-9-6-10-15-21/h5-12,14-15,19,22-23H,3-4,13,16-18H2,1-2H3,(H2,28,32)(H,29,34)(H,30,33)/t19-,22-,23+/m1/s1. The van der Waals surface area contributed by atoms with Gasteiger partial charge in [0, 0.05) is 30.4 Å². The minimum atomic E-state index is -0.768. The van der Waals surface area contributed by atoms with Gasteiger partial charge in [-0.25, -0.2) is 0 Å². The fraction of sp³-hybridized carbons (Fsp3) is 0.407. The molecule has 34 heavy (non-hydrogen) atoms. The van der Waals surface area contributed by atoms with E-state index in [4.69, 9.17) is 5.73 Å². The first kappa shape index (κ1) is 26.8. The number of hydrogen-bond donors (Lipinski definition) is 3. The molecule has 0 aliphatic rings. The van der Waals surface area contributed by atoms with Gasteiger partial charge in [0.15, 0.2) is 5.78 Å². The number of nitrogens with one attached hydrogen (secondary N) is 2. The van der Waals surface area contributed by atoms with E-state index in [-0.39, 0.29) is 30.4 Å². The molecular formula is C27H35N3O4. The van der Waals surface area contributed by atoms with Crippen LogP contribution in [0, 0.1) is 5.92 Å². The third-order valence-electron chi connectivity index (χ3n) is 5.63. The van der Waals surface area contributed by atoms with Crippen LogP contribution in [-0.4, -0.2) is 35.6 Å². The lowest BCUT2D eigenvalue weighted by Crippen LogP contribution is -2.45. The van der Waals surface area contributed by atoms with Gasteiger partial charge < -0.3 is 16.4 Å². The van der Waals surface area contributed by atoms with Crippen molar-refractivity contribution in [3.05, 3.63) is 71.8 Å². The Hall–Kier alpha value is -3.48. The van der Waals surface area contributed by atoms with Gasteiger partial charge in [0.05, 0.1) is 6.04 Å². The second-order valence-electron chi connectivity index (χ2n) is 8.67. The van der Waals surface area contributed by atoms with Crippen LogP contribution in [0.4, 0.5) is 0 Å². The molecule has 0 aliphatic heterocycles. The van der Waals surface area contributed by atoms with Gasteiger partial charge in [0.2, 0.25) is 11.8 Å². The van der Waals surface area contributed by atoms with Gasteiger partial charge in [-0.15, -0.1) is 0 Å². The summed E-state index contributed by atoms with van der Waals surface area (Å²) in [4.78, 5) is 50.3. The van der Waals surface area contributed by atoms with Gasteiger partial charge in [-0.1, -0.05) is 68.3 Å². The molecule has 2 rings (SSSR count). The number of benzene rings is 2. The molecule has 7 nitrogen and oxygen atoms in total. The minimum absolute atomic E-state index is 0.00168. The smallest absolute Gasteiger partial charge is 0.251 e. The number of rotatable bonds is 14. The molecule has 3 amide bonds. The molecule has 0 aromatic heterocycles. The van der Waals surface area contributed by atoms with Crippen molar-refractivity contribution >= 4 is 23.5 Å². The van der Waals surface area contributed by atoms with Crippen LogP contribution in [0.25, 0.3) is 0 Å². The molecular weight excluding hydrogens is 430 g/mol. The predicted octanol–water partition coefficient (Wildman–Crippen LogP) is 3.17. The van der Waals surface area contributed by atoms with Crippen molar-refractivity contribution < 1.29 is 19.2 Å². The average Bonchev–Trinajstić information content (AvgIpc) is 2.81. The van der Waals surface area contributed by atoms with E-state index in [2.05, 4.69) is 10.6 Å². The molecule has 0 heterocycles. The zero-order valence-corrected chi connectivity index (χ0v) is 20.0. The molecule has 0 fully saturated rings. The zero-order valence-electron chi connectivity index (χ0n) is 20.0. The van der Waals surface area contributed by atoms with Crippen molar-refractivity contribution in [2.24, 2.45) is 11.7 Å². The summed E-state index contributed by atoms with van der Waals surface area (Å²) >= 11 is 0. The van der Waals surface area contributed by atoms with E-state index in [9.17, 15) is 19.2 Å². The Kier molecular flexibility index (Phi) is 11.0. The Morgan fingerprint density at radius 1 is 0.882 bits per heavy atom. The third-order valence-corrected chi connectivity index (χ3v) is 5.63. The van der Waals surface area contributed by atoms with Gasteiger partial charge in [0.25, 0.3) is 5.91 Å². The molecule has 7 heteroatoms. The van der Waals surface area contributed by atoms with Crippen molar-refractivity contribution in [2.75, 3.05) is 0 Å². The van der Waals surface area contributed by atoms with Crippen molar-refractivity contribution in [3.8, 4) is 0 Å². The molecule has 0 unspecified atom stereocenters. The van der Waals surface area contributed by atoms with E-state index in [1.54, 1.807) is 31.2 Å². The first-order valence-electron chi connectivity index (χ1n) is 11.8. The van der Waals surface area contributed by atoms with Gasteiger partial charge in [-0.2, -0.15) is 0 Å². The minimum Gasteiger partial charge on any atom is -0.370 e. The van der Waals surface area contributed by atoms with E-state index in [0.29, 0.717) is 18.4 Å². The summed E-state index contributed by atoms with van der Waals surface area (Å²) in [6.45, 7) is 3.73. The lowest BCUT2D eigenvalue weighted by atomic mass is 9.90. The Bertz CT molecular complexity index is 947. The van der Waals surface area contributed by atoms with E-state index < -0.39 is 23.9 Å². The highest BCUT2D eigenvalue weighted by molar-refractivity contribution is 5.98. The Balaban J connectivity index is 2.17. The van der Waals surface area contributed by atoms with Crippen LogP contribution < -0.4 is 16.4 Å². The normalized spacial score (nSPS) is 13.4. The number of hydrogen-bond acceptors (Lipinski definition) is 4. The molecule has 0 saturated heterocycles. The highest BCUT2D eigenvalue weighted by Crippen LogP contribution is 2.17. The Morgan fingerprint density at radius 2 is 1.50 bits per heavy atom. The second-order valence-corrected chi connectivity index (χ2v) is 8.67. The summed E-state index contributed by atoms with van der Waals surface area (Å²) in [6.07, 6.45) is 2.58. The maximum atomic E-state index is 13.4. The predicted molar refractivity (Wildman–Crippen MR) is 132 cm³/mol. The third kappa shape index (κ3) is 9.17. The number of Topliss-reactive ketones (excluding diaryl/α,β-unsaturated/α-hetero) is 1. The number of unbranched alkanes of at least 4 members (excludes halogenated alkanes) is 1. The maximum absolute atomic E-state index is 13.4. The van der Waals surface area contributed by atoms with Crippen molar-refractivity contribution in [1.82, 2.24) is 10.6 Å². The Labute approximate surface area is 201 Å². The van der Waals surface area contributed by atoms with Crippen LogP contribution >= 0.6 is 0 Å². The van der Waals surface area contributed by atoms with Crippen molar-refractivity contribution in [3.63, 3.8) is 0 Å². The molecule has 0 radical (unpaired) electrons. The summed E-state index contributed by atoms with van der Waals surface area (Å²) in [7, 11) is 0. The summed E-state index contributed by atoms with van der Waals surface area (Å²) in [5.41, 5.74) is 6.61. The van der Waals surface area contributed by atoms with E-state index in [1.165, 1.54) is 0 Å². The van der Waals surface area contributed by atoms with E-state index in [0.717, 1.165) is 18.4 Å². The number of primary amides is 1. The molecule has 0 saturated carbocycles. The largest absolute Gasteiger partial charge is 0.370 e. The fourth-order valence-corrected chi connectivity index (χ4v) is 3.80. The first-order chi connectivity index (χ1) is 16.3. The summed E-state index contributed by atoms with van der Waals surface area (Å²) in [5, 5.41) is 5.67. The van der Waals surface area contributed by atoms with Gasteiger partial charge >= 0.3 is 0 Å². The van der Waals surface area contributed by atoms with Gasteiger partial charge in [-0.3, -0.25) is 19.2 Å². The number of ketones is 1.